The van der Waals surface area contributed by atoms with E-state index in [4.69, 9.17) is 6.42 Å². The molecule has 4 aliphatic rings. The number of terminal acetylenes is 1. The summed E-state index contributed by atoms with van der Waals surface area (Å²) in [4.78, 5) is 0. The van der Waals surface area contributed by atoms with Crippen LogP contribution in [0.5, 0.6) is 0 Å². The molecule has 1 N–H and O–H groups in total. The zero-order chi connectivity index (χ0) is 13.6. The first-order chi connectivity index (χ1) is 8.97. The van der Waals surface area contributed by atoms with E-state index in [2.05, 4.69) is 37.0 Å². The van der Waals surface area contributed by atoms with Gasteiger partial charge < -0.3 is 5.32 Å². The van der Waals surface area contributed by atoms with Crippen molar-refractivity contribution in [1.82, 2.24) is 5.32 Å². The Labute approximate surface area is 117 Å². The van der Waals surface area contributed by atoms with Crippen LogP contribution >= 0.6 is 0 Å². The third-order valence-electron chi connectivity index (χ3n) is 5.44. The Morgan fingerprint density at radius 2 is 1.74 bits per heavy atom. The maximum absolute atomic E-state index is 5.25. The first kappa shape index (κ1) is 12.9. The van der Waals surface area contributed by atoms with Gasteiger partial charge in [0.15, 0.2) is 0 Å². The molecule has 0 aromatic heterocycles. The second-order valence-corrected chi connectivity index (χ2v) is 8.04. The van der Waals surface area contributed by atoms with Crippen molar-refractivity contribution in [2.45, 2.75) is 70.8 Å². The fourth-order valence-electron chi connectivity index (χ4n) is 5.96. The van der Waals surface area contributed by atoms with E-state index < -0.39 is 0 Å². The SMILES string of the molecule is C#CCCC#CNC12CC3CC(C)(CC(C)(C3)C1)C2. The first-order valence-corrected chi connectivity index (χ1v) is 7.65. The minimum Gasteiger partial charge on any atom is -0.340 e. The van der Waals surface area contributed by atoms with Crippen LogP contribution in [0.25, 0.3) is 0 Å². The molecule has 0 heterocycles. The van der Waals surface area contributed by atoms with Gasteiger partial charge in [0.25, 0.3) is 0 Å². The maximum atomic E-state index is 5.25. The minimum absolute atomic E-state index is 0.298. The van der Waals surface area contributed by atoms with Gasteiger partial charge in [-0.05, 0) is 55.3 Å². The van der Waals surface area contributed by atoms with Crippen molar-refractivity contribution in [3.63, 3.8) is 0 Å². The molecule has 4 saturated carbocycles. The maximum Gasteiger partial charge on any atom is 0.0463 e. The zero-order valence-electron chi connectivity index (χ0n) is 12.3. The summed E-state index contributed by atoms with van der Waals surface area (Å²) < 4.78 is 0. The molecule has 102 valence electrons. The van der Waals surface area contributed by atoms with Crippen molar-refractivity contribution in [3.8, 4) is 24.3 Å². The molecular formula is C18H25N. The number of unbranched alkanes of at least 4 members (excludes halogenated alkanes) is 1. The molecule has 4 fully saturated rings. The van der Waals surface area contributed by atoms with Crippen LogP contribution in [-0.4, -0.2) is 5.54 Å². The second-order valence-electron chi connectivity index (χ2n) is 8.04. The molecule has 1 nitrogen and oxygen atoms in total. The van der Waals surface area contributed by atoms with Crippen LogP contribution in [0.2, 0.25) is 0 Å². The molecule has 0 aliphatic heterocycles. The third-order valence-corrected chi connectivity index (χ3v) is 5.44. The highest BCUT2D eigenvalue weighted by Gasteiger charge is 2.60. The average molecular weight is 255 g/mol. The topological polar surface area (TPSA) is 12.0 Å². The molecule has 0 amide bonds. The van der Waals surface area contributed by atoms with Gasteiger partial charge in [-0.25, -0.2) is 0 Å². The van der Waals surface area contributed by atoms with E-state index in [0.29, 0.717) is 16.4 Å². The summed E-state index contributed by atoms with van der Waals surface area (Å²) in [6.45, 7) is 5.00. The Morgan fingerprint density at radius 3 is 2.32 bits per heavy atom. The molecule has 4 bridgehead atoms. The van der Waals surface area contributed by atoms with Gasteiger partial charge in [-0.3, -0.25) is 0 Å². The van der Waals surface area contributed by atoms with Crippen molar-refractivity contribution in [2.75, 3.05) is 0 Å². The van der Waals surface area contributed by atoms with Gasteiger partial charge in [-0.15, -0.1) is 12.3 Å². The third kappa shape index (κ3) is 2.36. The fourth-order valence-corrected chi connectivity index (χ4v) is 5.96. The number of hydrogen-bond donors (Lipinski definition) is 1. The molecular weight excluding hydrogens is 230 g/mol. The van der Waals surface area contributed by atoms with Gasteiger partial charge in [0.05, 0.1) is 0 Å². The van der Waals surface area contributed by atoms with Crippen molar-refractivity contribution in [3.05, 3.63) is 0 Å². The van der Waals surface area contributed by atoms with E-state index in [9.17, 15) is 0 Å². The van der Waals surface area contributed by atoms with Crippen LogP contribution in [0.4, 0.5) is 0 Å². The monoisotopic (exact) mass is 255 g/mol. The van der Waals surface area contributed by atoms with Crippen LogP contribution in [0.15, 0.2) is 0 Å². The van der Waals surface area contributed by atoms with Gasteiger partial charge in [0.2, 0.25) is 0 Å². The van der Waals surface area contributed by atoms with E-state index in [0.717, 1.165) is 18.8 Å². The Bertz CT molecular complexity index is 454. The second kappa shape index (κ2) is 4.21. The number of rotatable bonds is 2. The van der Waals surface area contributed by atoms with Crippen molar-refractivity contribution in [1.29, 1.82) is 0 Å². The Kier molecular flexibility index (Phi) is 2.86. The molecule has 4 aliphatic carbocycles. The van der Waals surface area contributed by atoms with E-state index in [1.165, 1.54) is 38.5 Å². The molecule has 0 radical (unpaired) electrons. The van der Waals surface area contributed by atoms with Gasteiger partial charge >= 0.3 is 0 Å². The highest BCUT2D eigenvalue weighted by atomic mass is 15.0. The van der Waals surface area contributed by atoms with Crippen LogP contribution in [0.3, 0.4) is 0 Å². The van der Waals surface area contributed by atoms with Gasteiger partial charge in [-0.2, -0.15) is 0 Å². The molecule has 0 aromatic carbocycles. The molecule has 0 saturated heterocycles. The quantitative estimate of drug-likeness (QED) is 0.451. The van der Waals surface area contributed by atoms with Gasteiger partial charge in [0.1, 0.15) is 0 Å². The normalized spacial score (nSPS) is 46.3. The lowest BCUT2D eigenvalue weighted by Gasteiger charge is -2.65. The lowest BCUT2D eigenvalue weighted by atomic mass is 9.43. The summed E-state index contributed by atoms with van der Waals surface area (Å²) in [6, 6.07) is 3.22. The van der Waals surface area contributed by atoms with Crippen molar-refractivity contribution in [2.24, 2.45) is 16.7 Å². The fraction of sp³-hybridized carbons (Fsp3) is 0.778. The van der Waals surface area contributed by atoms with Crippen LogP contribution in [0, 0.1) is 41.1 Å². The predicted octanol–water partition coefficient (Wildman–Crippen LogP) is 3.70. The smallest absolute Gasteiger partial charge is 0.0463 e. The minimum atomic E-state index is 0.298. The van der Waals surface area contributed by atoms with Gasteiger partial charge in [-0.1, -0.05) is 19.8 Å². The number of hydrogen-bond acceptors (Lipinski definition) is 1. The summed E-state index contributed by atoms with van der Waals surface area (Å²) in [5.41, 5.74) is 1.41. The van der Waals surface area contributed by atoms with Crippen molar-refractivity contribution < 1.29 is 0 Å². The lowest BCUT2D eigenvalue weighted by molar-refractivity contribution is -0.112. The van der Waals surface area contributed by atoms with E-state index in [-0.39, 0.29) is 0 Å². The average Bonchev–Trinajstić information content (AvgIpc) is 2.23. The zero-order valence-corrected chi connectivity index (χ0v) is 12.3. The number of nitrogens with one attached hydrogen (secondary N) is 1. The summed E-state index contributed by atoms with van der Waals surface area (Å²) in [6.07, 6.45) is 15.1. The molecule has 0 aromatic rings. The molecule has 2 atom stereocenters. The Morgan fingerprint density at radius 1 is 1.05 bits per heavy atom. The Balaban J connectivity index is 1.73. The molecule has 2 unspecified atom stereocenters. The largest absolute Gasteiger partial charge is 0.340 e. The highest BCUT2D eigenvalue weighted by Crippen LogP contribution is 2.66. The van der Waals surface area contributed by atoms with Crippen LogP contribution < -0.4 is 5.32 Å². The molecule has 4 rings (SSSR count). The highest BCUT2D eigenvalue weighted by molar-refractivity contribution is 5.17. The summed E-state index contributed by atoms with van der Waals surface area (Å²) in [5.74, 6) is 6.75. The molecule has 19 heavy (non-hydrogen) atoms. The molecule has 0 spiro atoms. The first-order valence-electron chi connectivity index (χ1n) is 7.65. The van der Waals surface area contributed by atoms with E-state index in [1.54, 1.807) is 0 Å². The summed E-state index contributed by atoms with van der Waals surface area (Å²) in [7, 11) is 0. The van der Waals surface area contributed by atoms with Gasteiger partial charge in [0, 0.05) is 24.4 Å². The summed E-state index contributed by atoms with van der Waals surface area (Å²) in [5, 5.41) is 3.61. The lowest BCUT2D eigenvalue weighted by Crippen LogP contribution is -2.63. The molecule has 1 heteroatoms. The standard InChI is InChI=1S/C18H25N/c1-4-5-6-7-8-19-18-11-15-9-16(2,13-18)12-17(3,10-15)14-18/h1,15,19H,5-6,9-14H2,2-3H3. The van der Waals surface area contributed by atoms with Crippen LogP contribution in [0.1, 0.15) is 65.2 Å². The van der Waals surface area contributed by atoms with E-state index in [1.807, 2.05) is 0 Å². The van der Waals surface area contributed by atoms with Crippen LogP contribution in [-0.2, 0) is 0 Å². The van der Waals surface area contributed by atoms with Crippen molar-refractivity contribution >= 4 is 0 Å². The predicted molar refractivity (Wildman–Crippen MR) is 79.1 cm³/mol. The Hall–Kier alpha value is -1.08. The van der Waals surface area contributed by atoms with E-state index >= 15 is 0 Å². The summed E-state index contributed by atoms with van der Waals surface area (Å²) >= 11 is 0.